The highest BCUT2D eigenvalue weighted by atomic mass is 16.2. The molecule has 0 bridgehead atoms. The third-order valence-electron chi connectivity index (χ3n) is 5.58. The molecule has 2 aromatic heterocycles. The Morgan fingerprint density at radius 1 is 1.07 bits per heavy atom. The summed E-state index contributed by atoms with van der Waals surface area (Å²) in [7, 11) is 1.74. The molecule has 27 heavy (non-hydrogen) atoms. The molecule has 1 aliphatic heterocycles. The van der Waals surface area contributed by atoms with Crippen LogP contribution in [0.5, 0.6) is 0 Å². The van der Waals surface area contributed by atoms with Crippen LogP contribution >= 0.6 is 0 Å². The van der Waals surface area contributed by atoms with E-state index in [9.17, 15) is 9.59 Å². The zero-order valence-electron chi connectivity index (χ0n) is 15.1. The molecular formula is C21H20N4O2. The van der Waals surface area contributed by atoms with E-state index in [0.717, 1.165) is 23.0 Å². The van der Waals surface area contributed by atoms with E-state index < -0.39 is 0 Å². The lowest BCUT2D eigenvalue weighted by Gasteiger charge is -2.27. The number of fused-ring (bicyclic) bond motifs is 4. The second-order valence-electron chi connectivity index (χ2n) is 7.11. The number of nitrogens with zero attached hydrogens (tertiary/aromatic N) is 3. The first-order valence-electron chi connectivity index (χ1n) is 9.14. The lowest BCUT2D eigenvalue weighted by atomic mass is 10.0. The third kappa shape index (κ3) is 2.40. The summed E-state index contributed by atoms with van der Waals surface area (Å²) in [6.45, 7) is 1.31. The van der Waals surface area contributed by atoms with Gasteiger partial charge in [0, 0.05) is 48.7 Å². The molecular weight excluding hydrogens is 340 g/mol. The van der Waals surface area contributed by atoms with Crippen LogP contribution in [0.4, 0.5) is 0 Å². The molecule has 6 nitrogen and oxygen atoms in total. The van der Waals surface area contributed by atoms with Gasteiger partial charge in [0.05, 0.1) is 11.0 Å². The first kappa shape index (κ1) is 15.9. The molecule has 3 heterocycles. The van der Waals surface area contributed by atoms with Gasteiger partial charge in [-0.05, 0) is 18.2 Å². The summed E-state index contributed by atoms with van der Waals surface area (Å²) in [5.74, 6) is -0.0237. The normalized spacial score (nSPS) is 14.0. The van der Waals surface area contributed by atoms with Crippen molar-refractivity contribution in [3.63, 3.8) is 0 Å². The van der Waals surface area contributed by atoms with E-state index in [1.165, 1.54) is 16.6 Å². The highest BCUT2D eigenvalue weighted by molar-refractivity contribution is 5.86. The Morgan fingerprint density at radius 2 is 1.81 bits per heavy atom. The molecule has 5 rings (SSSR count). The fourth-order valence-corrected chi connectivity index (χ4v) is 4.13. The number of aryl methyl sites for hydroxylation is 1. The van der Waals surface area contributed by atoms with Crippen molar-refractivity contribution in [2.75, 3.05) is 6.54 Å². The van der Waals surface area contributed by atoms with E-state index in [2.05, 4.69) is 17.1 Å². The van der Waals surface area contributed by atoms with Crippen LogP contribution in [-0.4, -0.2) is 31.5 Å². The largest absolute Gasteiger partial charge is 0.358 e. The molecule has 4 aromatic rings. The molecule has 2 aromatic carbocycles. The molecule has 0 saturated carbocycles. The zero-order valence-corrected chi connectivity index (χ0v) is 15.1. The Bertz CT molecular complexity index is 1240. The second-order valence-corrected chi connectivity index (χ2v) is 7.11. The molecule has 0 saturated heterocycles. The van der Waals surface area contributed by atoms with E-state index in [0.29, 0.717) is 13.1 Å². The number of amides is 1. The fraction of sp³-hybridized carbons (Fsp3) is 0.238. The van der Waals surface area contributed by atoms with E-state index in [1.54, 1.807) is 16.2 Å². The molecule has 0 atom stereocenters. The lowest BCUT2D eigenvalue weighted by molar-refractivity contribution is -0.132. The maximum absolute atomic E-state index is 13.0. The van der Waals surface area contributed by atoms with Crippen molar-refractivity contribution in [3.8, 4) is 0 Å². The number of nitrogens with one attached hydrogen (secondary N) is 1. The van der Waals surface area contributed by atoms with Crippen molar-refractivity contribution in [1.82, 2.24) is 19.0 Å². The lowest BCUT2D eigenvalue weighted by Crippen LogP contribution is -2.39. The summed E-state index contributed by atoms with van der Waals surface area (Å²) in [5.41, 5.74) is 4.99. The van der Waals surface area contributed by atoms with Gasteiger partial charge < -0.3 is 9.88 Å². The monoisotopic (exact) mass is 360 g/mol. The van der Waals surface area contributed by atoms with Crippen molar-refractivity contribution in [2.45, 2.75) is 19.5 Å². The Balaban J connectivity index is 1.46. The smallest absolute Gasteiger partial charge is 0.329 e. The van der Waals surface area contributed by atoms with Crippen LogP contribution in [0.1, 0.15) is 11.3 Å². The molecule has 6 heteroatoms. The molecule has 1 aliphatic rings. The van der Waals surface area contributed by atoms with Crippen molar-refractivity contribution in [3.05, 3.63) is 70.3 Å². The average Bonchev–Trinajstić information content (AvgIpc) is 3.19. The van der Waals surface area contributed by atoms with Gasteiger partial charge in [-0.1, -0.05) is 30.3 Å². The minimum Gasteiger partial charge on any atom is -0.358 e. The van der Waals surface area contributed by atoms with Gasteiger partial charge in [-0.2, -0.15) is 0 Å². The van der Waals surface area contributed by atoms with E-state index in [-0.39, 0.29) is 18.1 Å². The van der Waals surface area contributed by atoms with Crippen LogP contribution < -0.4 is 5.69 Å². The number of carbonyl (C=O) groups excluding carboxylic acids is 1. The maximum Gasteiger partial charge on any atom is 0.329 e. The number of hydrogen-bond donors (Lipinski definition) is 1. The van der Waals surface area contributed by atoms with E-state index >= 15 is 0 Å². The van der Waals surface area contributed by atoms with Gasteiger partial charge in [-0.25, -0.2) is 4.79 Å². The van der Waals surface area contributed by atoms with Crippen molar-refractivity contribution < 1.29 is 4.79 Å². The van der Waals surface area contributed by atoms with Crippen LogP contribution in [0.25, 0.3) is 21.9 Å². The molecule has 1 amide bonds. The Kier molecular flexibility index (Phi) is 3.47. The van der Waals surface area contributed by atoms with Gasteiger partial charge in [0.1, 0.15) is 6.54 Å². The van der Waals surface area contributed by atoms with E-state index in [1.807, 2.05) is 41.3 Å². The first-order valence-corrected chi connectivity index (χ1v) is 9.14. The predicted molar refractivity (Wildman–Crippen MR) is 105 cm³/mol. The van der Waals surface area contributed by atoms with Gasteiger partial charge in [-0.15, -0.1) is 0 Å². The number of H-pyrrole nitrogens is 1. The topological polar surface area (TPSA) is 63.0 Å². The average molecular weight is 360 g/mol. The molecule has 0 fully saturated rings. The summed E-state index contributed by atoms with van der Waals surface area (Å²) >= 11 is 0. The molecule has 0 unspecified atom stereocenters. The van der Waals surface area contributed by atoms with Gasteiger partial charge >= 0.3 is 5.69 Å². The molecule has 0 aliphatic carbocycles. The van der Waals surface area contributed by atoms with Gasteiger partial charge in [-0.3, -0.25) is 13.9 Å². The Labute approximate surface area is 155 Å². The standard InChI is InChI=1S/C21H20N4O2/c1-23-18-8-4-5-9-19(18)25(21(23)27)13-20(26)24-11-10-17-15(12-24)14-6-2-3-7-16(14)22-17/h2-9,22H,10-13H2,1H3. The number of aromatic nitrogens is 3. The predicted octanol–water partition coefficient (Wildman–Crippen LogP) is 2.41. The summed E-state index contributed by atoms with van der Waals surface area (Å²) in [6.07, 6.45) is 0.806. The van der Waals surface area contributed by atoms with Crippen molar-refractivity contribution in [1.29, 1.82) is 0 Å². The zero-order chi connectivity index (χ0) is 18.5. The SMILES string of the molecule is Cn1c(=O)n(CC(=O)N2CCc3[nH]c4ccccc4c3C2)c2ccccc21. The van der Waals surface area contributed by atoms with Crippen LogP contribution in [0.15, 0.2) is 53.3 Å². The number of rotatable bonds is 2. The minimum atomic E-state index is -0.158. The minimum absolute atomic E-state index is 0.0237. The van der Waals surface area contributed by atoms with Gasteiger partial charge in [0.15, 0.2) is 0 Å². The molecule has 0 radical (unpaired) electrons. The Hall–Kier alpha value is -3.28. The molecule has 1 N–H and O–H groups in total. The summed E-state index contributed by atoms with van der Waals surface area (Å²) in [5, 5.41) is 1.17. The van der Waals surface area contributed by atoms with Crippen molar-refractivity contribution >= 4 is 27.8 Å². The highest BCUT2D eigenvalue weighted by Crippen LogP contribution is 2.27. The summed E-state index contributed by atoms with van der Waals surface area (Å²) in [6, 6.07) is 15.8. The number of benzene rings is 2. The van der Waals surface area contributed by atoms with Gasteiger partial charge in [0.2, 0.25) is 5.91 Å². The summed E-state index contributed by atoms with van der Waals surface area (Å²) < 4.78 is 3.17. The number of aromatic amines is 1. The van der Waals surface area contributed by atoms with Gasteiger partial charge in [0.25, 0.3) is 0 Å². The number of imidazole rings is 1. The summed E-state index contributed by atoms with van der Waals surface area (Å²) in [4.78, 5) is 30.9. The van der Waals surface area contributed by atoms with Crippen LogP contribution in [0.3, 0.4) is 0 Å². The van der Waals surface area contributed by atoms with Crippen LogP contribution in [-0.2, 0) is 31.4 Å². The number of para-hydroxylation sites is 3. The van der Waals surface area contributed by atoms with E-state index in [4.69, 9.17) is 0 Å². The second kappa shape index (κ2) is 5.87. The number of carbonyl (C=O) groups is 1. The van der Waals surface area contributed by atoms with Crippen LogP contribution in [0, 0.1) is 0 Å². The maximum atomic E-state index is 13.0. The fourth-order valence-electron chi connectivity index (χ4n) is 4.13. The third-order valence-corrected chi connectivity index (χ3v) is 5.58. The highest BCUT2D eigenvalue weighted by Gasteiger charge is 2.25. The Morgan fingerprint density at radius 3 is 2.67 bits per heavy atom. The number of hydrogen-bond acceptors (Lipinski definition) is 2. The molecule has 136 valence electrons. The first-order chi connectivity index (χ1) is 13.1. The van der Waals surface area contributed by atoms with Crippen molar-refractivity contribution in [2.24, 2.45) is 7.05 Å². The quantitative estimate of drug-likeness (QED) is 0.597. The van der Waals surface area contributed by atoms with Crippen LogP contribution in [0.2, 0.25) is 0 Å². The molecule has 0 spiro atoms.